The number of benzene rings is 2. The quantitative estimate of drug-likeness (QED) is 0.738. The van der Waals surface area contributed by atoms with Crippen LogP contribution in [0, 0.1) is 13.8 Å². The van der Waals surface area contributed by atoms with Gasteiger partial charge in [-0.2, -0.15) is 0 Å². The Bertz CT molecular complexity index is 925. The van der Waals surface area contributed by atoms with E-state index in [0.29, 0.717) is 22.7 Å². The summed E-state index contributed by atoms with van der Waals surface area (Å²) in [6.45, 7) is 3.09. The second kappa shape index (κ2) is 8.43. The van der Waals surface area contributed by atoms with Crippen LogP contribution in [-0.2, 0) is 14.3 Å². The second-order valence-electron chi connectivity index (χ2n) is 6.28. The smallest absolute Gasteiger partial charge is 0.325 e. The third kappa shape index (κ3) is 4.79. The molecular formula is C20H20N2O6. The summed E-state index contributed by atoms with van der Waals surface area (Å²) in [5, 5.41) is 5.13. The molecule has 0 atom stereocenters. The van der Waals surface area contributed by atoms with Gasteiger partial charge in [0.25, 0.3) is 11.8 Å². The Hall–Kier alpha value is -3.55. The minimum atomic E-state index is -0.717. The van der Waals surface area contributed by atoms with E-state index in [0.717, 1.165) is 11.1 Å². The first-order valence-electron chi connectivity index (χ1n) is 8.63. The van der Waals surface area contributed by atoms with Crippen molar-refractivity contribution in [1.82, 2.24) is 5.32 Å². The van der Waals surface area contributed by atoms with E-state index in [1.807, 2.05) is 32.0 Å². The van der Waals surface area contributed by atoms with E-state index in [9.17, 15) is 14.4 Å². The first kappa shape index (κ1) is 19.2. The Balaban J connectivity index is 1.43. The summed E-state index contributed by atoms with van der Waals surface area (Å²) < 4.78 is 15.3. The van der Waals surface area contributed by atoms with Crippen molar-refractivity contribution < 1.29 is 28.6 Å². The topological polar surface area (TPSA) is 103 Å². The Morgan fingerprint density at radius 3 is 2.64 bits per heavy atom. The van der Waals surface area contributed by atoms with E-state index in [1.165, 1.54) is 6.07 Å². The van der Waals surface area contributed by atoms with Crippen molar-refractivity contribution in [3.05, 3.63) is 53.1 Å². The molecule has 1 aliphatic heterocycles. The van der Waals surface area contributed by atoms with Gasteiger partial charge >= 0.3 is 5.97 Å². The number of anilines is 1. The van der Waals surface area contributed by atoms with Crippen LogP contribution in [0.25, 0.3) is 0 Å². The summed E-state index contributed by atoms with van der Waals surface area (Å²) in [4.78, 5) is 35.8. The molecule has 0 fully saturated rings. The van der Waals surface area contributed by atoms with Crippen molar-refractivity contribution in [1.29, 1.82) is 0 Å². The fraction of sp³-hybridized carbons (Fsp3) is 0.250. The van der Waals surface area contributed by atoms with Crippen LogP contribution >= 0.6 is 0 Å². The molecule has 0 unspecified atom stereocenters. The lowest BCUT2D eigenvalue weighted by Crippen LogP contribution is -2.32. The molecular weight excluding hydrogens is 364 g/mol. The summed E-state index contributed by atoms with van der Waals surface area (Å²) in [6.07, 6.45) is 0. The number of amides is 2. The molecule has 28 heavy (non-hydrogen) atoms. The number of hydrogen-bond acceptors (Lipinski definition) is 6. The normalized spacial score (nSPS) is 11.6. The average Bonchev–Trinajstić information content (AvgIpc) is 3.15. The van der Waals surface area contributed by atoms with Gasteiger partial charge in [0.2, 0.25) is 6.79 Å². The molecule has 8 nitrogen and oxygen atoms in total. The second-order valence-corrected chi connectivity index (χ2v) is 6.28. The number of nitrogens with one attached hydrogen (secondary N) is 2. The largest absolute Gasteiger partial charge is 0.454 e. The number of carbonyl (C=O) groups is 3. The van der Waals surface area contributed by atoms with Gasteiger partial charge in [-0.05, 0) is 49.2 Å². The Kier molecular flexibility index (Phi) is 5.78. The zero-order valence-corrected chi connectivity index (χ0v) is 15.5. The summed E-state index contributed by atoms with van der Waals surface area (Å²) in [7, 11) is 0. The maximum absolute atomic E-state index is 12.1. The molecule has 2 N–H and O–H groups in total. The van der Waals surface area contributed by atoms with E-state index < -0.39 is 24.4 Å². The highest BCUT2D eigenvalue weighted by Crippen LogP contribution is 2.32. The van der Waals surface area contributed by atoms with Crippen LogP contribution in [0.4, 0.5) is 5.69 Å². The molecule has 2 amide bonds. The summed E-state index contributed by atoms with van der Waals surface area (Å²) in [5.74, 6) is -0.603. The van der Waals surface area contributed by atoms with Crippen LogP contribution in [0.2, 0.25) is 0 Å². The summed E-state index contributed by atoms with van der Waals surface area (Å²) >= 11 is 0. The van der Waals surface area contributed by atoms with Gasteiger partial charge in [0.05, 0.1) is 0 Å². The third-order valence-electron chi connectivity index (χ3n) is 4.06. The van der Waals surface area contributed by atoms with Crippen LogP contribution < -0.4 is 20.1 Å². The molecule has 0 aliphatic carbocycles. The molecule has 0 aromatic heterocycles. The molecule has 146 valence electrons. The zero-order valence-electron chi connectivity index (χ0n) is 15.5. The number of aryl methyl sites for hydroxylation is 2. The molecule has 0 saturated heterocycles. The van der Waals surface area contributed by atoms with Crippen LogP contribution in [0.5, 0.6) is 11.5 Å². The predicted octanol–water partition coefficient (Wildman–Crippen LogP) is 1.94. The minimum Gasteiger partial charge on any atom is -0.454 e. The van der Waals surface area contributed by atoms with Crippen LogP contribution in [0.15, 0.2) is 36.4 Å². The lowest BCUT2D eigenvalue weighted by molar-refractivity contribution is -0.146. The van der Waals surface area contributed by atoms with Crippen molar-refractivity contribution in [2.45, 2.75) is 13.8 Å². The van der Waals surface area contributed by atoms with Crippen LogP contribution in [0.1, 0.15) is 21.5 Å². The Morgan fingerprint density at radius 1 is 1.04 bits per heavy atom. The molecule has 1 aliphatic rings. The van der Waals surface area contributed by atoms with Crippen molar-refractivity contribution in [3.63, 3.8) is 0 Å². The highest BCUT2D eigenvalue weighted by Gasteiger charge is 2.17. The maximum Gasteiger partial charge on any atom is 0.325 e. The molecule has 2 aromatic carbocycles. The summed E-state index contributed by atoms with van der Waals surface area (Å²) in [6, 6.07) is 10.4. The lowest BCUT2D eigenvalue weighted by Gasteiger charge is -2.10. The van der Waals surface area contributed by atoms with Gasteiger partial charge in [0.15, 0.2) is 18.1 Å². The first-order valence-corrected chi connectivity index (χ1v) is 8.63. The third-order valence-corrected chi connectivity index (χ3v) is 4.06. The van der Waals surface area contributed by atoms with E-state index in [-0.39, 0.29) is 13.3 Å². The average molecular weight is 384 g/mol. The Labute approximate surface area is 161 Å². The van der Waals surface area contributed by atoms with Crippen molar-refractivity contribution in [2.24, 2.45) is 0 Å². The van der Waals surface area contributed by atoms with Crippen molar-refractivity contribution >= 4 is 23.5 Å². The first-order chi connectivity index (χ1) is 13.4. The summed E-state index contributed by atoms with van der Waals surface area (Å²) in [5.41, 5.74) is 2.90. The molecule has 8 heteroatoms. The fourth-order valence-corrected chi connectivity index (χ4v) is 2.55. The molecule has 1 heterocycles. The lowest BCUT2D eigenvalue weighted by atomic mass is 10.1. The number of esters is 1. The highest BCUT2D eigenvalue weighted by molar-refractivity contribution is 5.97. The molecule has 0 radical (unpaired) electrons. The van der Waals surface area contributed by atoms with Gasteiger partial charge in [-0.15, -0.1) is 0 Å². The number of hydrogen-bond donors (Lipinski definition) is 2. The number of ether oxygens (including phenoxy) is 3. The van der Waals surface area contributed by atoms with E-state index in [4.69, 9.17) is 14.2 Å². The van der Waals surface area contributed by atoms with Crippen molar-refractivity contribution in [2.75, 3.05) is 25.3 Å². The van der Waals surface area contributed by atoms with Crippen LogP contribution in [-0.4, -0.2) is 37.7 Å². The van der Waals surface area contributed by atoms with E-state index in [1.54, 1.807) is 12.1 Å². The highest BCUT2D eigenvalue weighted by atomic mass is 16.7. The van der Waals surface area contributed by atoms with Gasteiger partial charge in [0.1, 0.15) is 6.54 Å². The van der Waals surface area contributed by atoms with Gasteiger partial charge in [-0.3, -0.25) is 14.4 Å². The van der Waals surface area contributed by atoms with Gasteiger partial charge in [-0.1, -0.05) is 12.1 Å². The van der Waals surface area contributed by atoms with Gasteiger partial charge < -0.3 is 24.8 Å². The Morgan fingerprint density at radius 2 is 1.82 bits per heavy atom. The van der Waals surface area contributed by atoms with Crippen molar-refractivity contribution in [3.8, 4) is 11.5 Å². The maximum atomic E-state index is 12.1. The number of rotatable bonds is 6. The molecule has 2 aromatic rings. The number of fused-ring (bicyclic) bond motifs is 1. The van der Waals surface area contributed by atoms with E-state index in [2.05, 4.69) is 10.6 Å². The molecule has 0 spiro atoms. The SMILES string of the molecule is Cc1ccc(C)c(NC(=O)COC(=O)CNC(=O)c2ccc3c(c2)OCO3)c1. The fourth-order valence-electron chi connectivity index (χ4n) is 2.55. The monoisotopic (exact) mass is 384 g/mol. The van der Waals surface area contributed by atoms with E-state index >= 15 is 0 Å². The minimum absolute atomic E-state index is 0.108. The number of carbonyl (C=O) groups excluding carboxylic acids is 3. The molecule has 0 saturated carbocycles. The standard InChI is InChI=1S/C20H20N2O6/c1-12-3-4-13(2)15(7-12)22-18(23)10-26-19(24)9-21-20(25)14-5-6-16-17(8-14)28-11-27-16/h3-8H,9-11H2,1-2H3,(H,21,25)(H,22,23). The van der Waals surface area contributed by atoms with Crippen LogP contribution in [0.3, 0.4) is 0 Å². The zero-order chi connectivity index (χ0) is 20.1. The van der Waals surface area contributed by atoms with Gasteiger partial charge in [-0.25, -0.2) is 0 Å². The molecule has 3 rings (SSSR count). The van der Waals surface area contributed by atoms with Gasteiger partial charge in [0, 0.05) is 11.3 Å². The predicted molar refractivity (Wildman–Crippen MR) is 100 cm³/mol. The molecule has 0 bridgehead atoms.